The molecule has 3 aromatic rings. The van der Waals surface area contributed by atoms with Crippen LogP contribution < -0.4 is 10.1 Å². The number of carboxylic acid groups (broad SMARTS) is 1. The van der Waals surface area contributed by atoms with Crippen LogP contribution in [0, 0.1) is 0 Å². The maximum absolute atomic E-state index is 12.7. The molecule has 0 amide bonds. The Labute approximate surface area is 271 Å². The first-order valence-corrected chi connectivity index (χ1v) is 17.7. The standard InChI is InChI=1S/C19H23NO4S.C10H13NO3S.C2HF3O2/c21-16-7-9-18(10-8-16)25(22,23)19-11-13-20(15-19)12-4-14-24-17-5-2-1-3-6-17;12-8-1-3-9(4-2-8)15(13,14)10-5-6-11-7-10;3-2(4,5)1(6)7/h1-3,5-10,19,21H,4,11-15H2;1-4,10-12H,5-7H2;(H,6,7). The Morgan fingerprint density at radius 2 is 1.34 bits per heavy atom. The lowest BCUT2D eigenvalue weighted by Crippen LogP contribution is -2.28. The molecule has 0 bridgehead atoms. The summed E-state index contributed by atoms with van der Waals surface area (Å²) in [6, 6.07) is 21.2. The predicted molar refractivity (Wildman–Crippen MR) is 167 cm³/mol. The molecule has 2 atom stereocenters. The molecule has 0 spiro atoms. The van der Waals surface area contributed by atoms with E-state index in [1.165, 1.54) is 48.5 Å². The van der Waals surface area contributed by atoms with Crippen LogP contribution in [-0.2, 0) is 24.5 Å². The number of sulfone groups is 2. The summed E-state index contributed by atoms with van der Waals surface area (Å²) in [4.78, 5) is 11.6. The van der Waals surface area contributed by atoms with E-state index in [1.807, 2.05) is 30.3 Å². The van der Waals surface area contributed by atoms with Crippen molar-refractivity contribution >= 4 is 25.6 Å². The van der Waals surface area contributed by atoms with Crippen LogP contribution in [-0.4, -0.2) is 99.0 Å². The van der Waals surface area contributed by atoms with Gasteiger partial charge in [0.05, 0.1) is 26.9 Å². The van der Waals surface area contributed by atoms with Crippen molar-refractivity contribution in [1.29, 1.82) is 0 Å². The summed E-state index contributed by atoms with van der Waals surface area (Å²) in [5, 5.41) is 27.8. The van der Waals surface area contributed by atoms with Crippen LogP contribution in [0.5, 0.6) is 17.2 Å². The number of halogens is 3. The van der Waals surface area contributed by atoms with Crippen LogP contribution in [0.4, 0.5) is 13.2 Å². The highest BCUT2D eigenvalue weighted by Crippen LogP contribution is 2.26. The first-order chi connectivity index (χ1) is 22.1. The Kier molecular flexibility index (Phi) is 13.4. The Balaban J connectivity index is 0.000000230. The third kappa shape index (κ3) is 11.4. The molecule has 47 heavy (non-hydrogen) atoms. The largest absolute Gasteiger partial charge is 0.508 e. The topological polar surface area (TPSA) is 171 Å². The molecule has 0 aromatic heterocycles. The first-order valence-electron chi connectivity index (χ1n) is 14.6. The maximum atomic E-state index is 12.7. The SMILES string of the molecule is O=C(O)C(F)(F)F.O=S(=O)(c1ccc(O)cc1)C1CCN(CCCOc2ccccc2)C1.O=S(=O)(c1ccc(O)cc1)C1CCNC1. The fourth-order valence-corrected chi connectivity index (χ4v) is 8.19. The van der Waals surface area contributed by atoms with Gasteiger partial charge in [0.1, 0.15) is 17.2 Å². The number of ether oxygens (including phenoxy) is 1. The van der Waals surface area contributed by atoms with Gasteiger partial charge in [-0.1, -0.05) is 18.2 Å². The maximum Gasteiger partial charge on any atom is 0.490 e. The fraction of sp³-hybridized carbons (Fsp3) is 0.387. The van der Waals surface area contributed by atoms with Gasteiger partial charge in [-0.2, -0.15) is 13.2 Å². The van der Waals surface area contributed by atoms with Gasteiger partial charge in [0.15, 0.2) is 19.7 Å². The smallest absolute Gasteiger partial charge is 0.490 e. The molecule has 0 saturated carbocycles. The van der Waals surface area contributed by atoms with Crippen LogP contribution in [0.2, 0.25) is 0 Å². The molecule has 2 aliphatic rings. The number of phenolic OH excluding ortho intramolecular Hbond substituents is 2. The molecule has 2 fully saturated rings. The van der Waals surface area contributed by atoms with Crippen LogP contribution in [0.3, 0.4) is 0 Å². The van der Waals surface area contributed by atoms with Gasteiger partial charge in [-0.15, -0.1) is 0 Å². The highest BCUT2D eigenvalue weighted by molar-refractivity contribution is 7.92. The highest BCUT2D eigenvalue weighted by atomic mass is 32.2. The molecule has 2 aliphatic heterocycles. The Morgan fingerprint density at radius 3 is 1.81 bits per heavy atom. The number of rotatable bonds is 9. The lowest BCUT2D eigenvalue weighted by atomic mass is 10.3. The van der Waals surface area contributed by atoms with E-state index in [-0.39, 0.29) is 31.8 Å². The highest BCUT2D eigenvalue weighted by Gasteiger charge is 2.38. The predicted octanol–water partition coefficient (Wildman–Crippen LogP) is 3.87. The molecule has 0 aliphatic carbocycles. The van der Waals surface area contributed by atoms with E-state index in [9.17, 15) is 35.1 Å². The number of para-hydroxylation sites is 1. The van der Waals surface area contributed by atoms with Gasteiger partial charge in [0.25, 0.3) is 0 Å². The van der Waals surface area contributed by atoms with Crippen LogP contribution in [0.15, 0.2) is 88.7 Å². The number of hydrogen-bond donors (Lipinski definition) is 4. The Hall–Kier alpha value is -3.86. The molecule has 5 rings (SSSR count). The normalized spacial score (nSPS) is 18.4. The van der Waals surface area contributed by atoms with Crippen LogP contribution in [0.25, 0.3) is 0 Å². The van der Waals surface area contributed by atoms with Gasteiger partial charge in [0, 0.05) is 19.6 Å². The second kappa shape index (κ2) is 16.8. The van der Waals surface area contributed by atoms with Crippen molar-refractivity contribution < 1.29 is 54.9 Å². The second-order valence-electron chi connectivity index (χ2n) is 10.7. The number of nitrogens with one attached hydrogen (secondary N) is 1. The molecule has 4 N–H and O–H groups in total. The van der Waals surface area contributed by atoms with E-state index in [0.717, 1.165) is 31.8 Å². The van der Waals surface area contributed by atoms with Crippen LogP contribution >= 0.6 is 0 Å². The molecule has 0 radical (unpaired) electrons. The van der Waals surface area contributed by atoms with Crippen molar-refractivity contribution in [2.45, 2.75) is 45.7 Å². The van der Waals surface area contributed by atoms with E-state index in [0.29, 0.717) is 32.5 Å². The van der Waals surface area contributed by atoms with E-state index >= 15 is 0 Å². The van der Waals surface area contributed by atoms with E-state index in [2.05, 4.69) is 10.2 Å². The molecule has 11 nitrogen and oxygen atoms in total. The van der Waals surface area contributed by atoms with Crippen molar-refractivity contribution in [3.05, 3.63) is 78.9 Å². The third-order valence-corrected chi connectivity index (χ3v) is 11.7. The quantitative estimate of drug-likeness (QED) is 0.239. The first kappa shape index (κ1) is 37.6. The van der Waals surface area contributed by atoms with Crippen molar-refractivity contribution in [3.8, 4) is 17.2 Å². The zero-order valence-electron chi connectivity index (χ0n) is 25.2. The molecule has 16 heteroatoms. The molecule has 2 heterocycles. The number of likely N-dealkylation sites (tertiary alicyclic amines) is 1. The summed E-state index contributed by atoms with van der Waals surface area (Å²) in [6.45, 7) is 4.05. The number of aromatic hydroxyl groups is 2. The zero-order valence-corrected chi connectivity index (χ0v) is 26.8. The number of nitrogens with zero attached hydrogens (tertiary/aromatic N) is 1. The lowest BCUT2D eigenvalue weighted by molar-refractivity contribution is -0.192. The monoisotopic (exact) mass is 702 g/mol. The van der Waals surface area contributed by atoms with Crippen molar-refractivity contribution in [2.24, 2.45) is 0 Å². The minimum atomic E-state index is -5.08. The number of phenols is 2. The van der Waals surface area contributed by atoms with Crippen molar-refractivity contribution in [2.75, 3.05) is 39.3 Å². The minimum Gasteiger partial charge on any atom is -0.508 e. The minimum absolute atomic E-state index is 0.0745. The molecular formula is C31H37F3N2O9S2. The number of carboxylic acids is 1. The summed E-state index contributed by atoms with van der Waals surface area (Å²) in [5.41, 5.74) is 0. The molecule has 2 unspecified atom stereocenters. The number of benzene rings is 3. The van der Waals surface area contributed by atoms with Gasteiger partial charge >= 0.3 is 12.1 Å². The van der Waals surface area contributed by atoms with Gasteiger partial charge in [-0.25, -0.2) is 21.6 Å². The molecule has 2 saturated heterocycles. The summed E-state index contributed by atoms with van der Waals surface area (Å²) >= 11 is 0. The van der Waals surface area contributed by atoms with Crippen LogP contribution in [0.1, 0.15) is 19.3 Å². The summed E-state index contributed by atoms with van der Waals surface area (Å²) in [5.74, 6) is -1.74. The van der Waals surface area contributed by atoms with E-state index in [4.69, 9.17) is 19.7 Å². The average Bonchev–Trinajstić information content (AvgIpc) is 3.75. The average molecular weight is 703 g/mol. The van der Waals surface area contributed by atoms with Gasteiger partial charge < -0.3 is 30.3 Å². The molecule has 258 valence electrons. The third-order valence-electron chi connectivity index (χ3n) is 7.33. The summed E-state index contributed by atoms with van der Waals surface area (Å²) in [6.07, 6.45) is -2.92. The van der Waals surface area contributed by atoms with Gasteiger partial charge in [0.2, 0.25) is 0 Å². The van der Waals surface area contributed by atoms with Crippen molar-refractivity contribution in [3.63, 3.8) is 0 Å². The molecule has 3 aromatic carbocycles. The number of hydrogen-bond acceptors (Lipinski definition) is 10. The van der Waals surface area contributed by atoms with Gasteiger partial charge in [-0.3, -0.25) is 0 Å². The number of aliphatic carboxylic acids is 1. The van der Waals surface area contributed by atoms with Gasteiger partial charge in [-0.05, 0) is 93.0 Å². The summed E-state index contributed by atoms with van der Waals surface area (Å²) in [7, 11) is -6.58. The number of carbonyl (C=O) groups is 1. The van der Waals surface area contributed by atoms with E-state index in [1.54, 1.807) is 0 Å². The lowest BCUT2D eigenvalue weighted by Gasteiger charge is -2.16. The fourth-order valence-electron chi connectivity index (χ4n) is 4.80. The van der Waals surface area contributed by atoms with E-state index < -0.39 is 31.8 Å². The number of alkyl halides is 3. The second-order valence-corrected chi connectivity index (χ2v) is 15.2. The van der Waals surface area contributed by atoms with Crippen molar-refractivity contribution in [1.82, 2.24) is 10.2 Å². The zero-order chi connectivity index (χ0) is 34.7. The Bertz CT molecular complexity index is 1630. The Morgan fingerprint density at radius 1 is 0.830 bits per heavy atom. The molecular weight excluding hydrogens is 665 g/mol. The summed E-state index contributed by atoms with van der Waals surface area (Å²) < 4.78 is 86.8.